The summed E-state index contributed by atoms with van der Waals surface area (Å²) in [4.78, 5) is 59.0. The fourth-order valence-electron chi connectivity index (χ4n) is 2.37. The molecule has 2 N–H and O–H groups in total. The van der Waals surface area contributed by atoms with Gasteiger partial charge in [-0.1, -0.05) is 23.7 Å². The maximum absolute atomic E-state index is 12.9. The first-order valence-electron chi connectivity index (χ1n) is 7.53. The third-order valence-corrected chi connectivity index (χ3v) is 3.90. The number of carboxylic acids is 2. The Morgan fingerprint density at radius 2 is 1.81 bits per heavy atom. The molecule has 1 aromatic carbocycles. The number of rotatable bonds is 10. The molecule has 0 heterocycles. The van der Waals surface area contributed by atoms with Crippen molar-refractivity contribution in [2.24, 2.45) is 5.41 Å². The van der Waals surface area contributed by atoms with E-state index in [0.29, 0.717) is 0 Å². The summed E-state index contributed by atoms with van der Waals surface area (Å²) in [5.41, 5.74) is -2.69. The summed E-state index contributed by atoms with van der Waals surface area (Å²) < 4.78 is 4.55. The van der Waals surface area contributed by atoms with Crippen molar-refractivity contribution in [3.05, 3.63) is 34.9 Å². The highest BCUT2D eigenvalue weighted by atomic mass is 35.5. The summed E-state index contributed by atoms with van der Waals surface area (Å²) >= 11 is 5.82. The average Bonchev–Trinajstić information content (AvgIpc) is 2.55. The Labute approximate surface area is 153 Å². The van der Waals surface area contributed by atoms with Crippen molar-refractivity contribution in [1.82, 2.24) is 0 Å². The SMILES string of the molecule is CC(=O)OCC(=O)C(CCCC(=O)O)(C(=O)O)C(=O)c1cccc(Cl)c1. The minimum Gasteiger partial charge on any atom is -0.481 e. The van der Waals surface area contributed by atoms with Crippen LogP contribution in [0.2, 0.25) is 5.02 Å². The van der Waals surface area contributed by atoms with Crippen LogP contribution in [0.3, 0.4) is 0 Å². The summed E-state index contributed by atoms with van der Waals surface area (Å²) in [6.45, 7) is 0.111. The van der Waals surface area contributed by atoms with E-state index in [0.717, 1.165) is 6.92 Å². The number of benzene rings is 1. The summed E-state index contributed by atoms with van der Waals surface area (Å²) in [6.07, 6.45) is -1.22. The molecule has 0 fully saturated rings. The van der Waals surface area contributed by atoms with Gasteiger partial charge in [0, 0.05) is 23.9 Å². The number of Topliss-reactive ketones (excluding diaryl/α,β-unsaturated/α-hetero) is 2. The van der Waals surface area contributed by atoms with E-state index in [1.165, 1.54) is 24.3 Å². The highest BCUT2D eigenvalue weighted by Crippen LogP contribution is 2.32. The topological polar surface area (TPSA) is 135 Å². The van der Waals surface area contributed by atoms with Crippen molar-refractivity contribution in [2.45, 2.75) is 26.2 Å². The lowest BCUT2D eigenvalue weighted by Gasteiger charge is -2.26. The molecular formula is C17H17ClO8. The van der Waals surface area contributed by atoms with Crippen molar-refractivity contribution in [3.8, 4) is 0 Å². The minimum atomic E-state index is -2.57. The van der Waals surface area contributed by atoms with Gasteiger partial charge in [-0.05, 0) is 25.0 Å². The summed E-state index contributed by atoms with van der Waals surface area (Å²) in [5, 5.41) is 18.6. The molecule has 0 aliphatic carbocycles. The molecule has 0 spiro atoms. The maximum atomic E-state index is 12.9. The highest BCUT2D eigenvalue weighted by molar-refractivity contribution is 6.32. The first-order valence-corrected chi connectivity index (χ1v) is 7.91. The minimum absolute atomic E-state index is 0.119. The number of carbonyl (C=O) groups excluding carboxylic acids is 3. The van der Waals surface area contributed by atoms with E-state index in [9.17, 15) is 29.1 Å². The normalized spacial score (nSPS) is 12.7. The van der Waals surface area contributed by atoms with E-state index in [1.54, 1.807) is 0 Å². The molecule has 8 nitrogen and oxygen atoms in total. The molecule has 0 aliphatic heterocycles. The lowest BCUT2D eigenvalue weighted by atomic mass is 9.73. The molecule has 0 saturated carbocycles. The van der Waals surface area contributed by atoms with Crippen LogP contribution in [0.5, 0.6) is 0 Å². The van der Waals surface area contributed by atoms with E-state index >= 15 is 0 Å². The molecule has 0 bridgehead atoms. The van der Waals surface area contributed by atoms with Crippen LogP contribution in [0, 0.1) is 5.41 Å². The fourth-order valence-corrected chi connectivity index (χ4v) is 2.56. The van der Waals surface area contributed by atoms with Crippen LogP contribution in [0.25, 0.3) is 0 Å². The summed E-state index contributed by atoms with van der Waals surface area (Å²) in [5.74, 6) is -5.96. The molecule has 9 heteroatoms. The zero-order valence-electron chi connectivity index (χ0n) is 13.9. The third kappa shape index (κ3) is 5.13. The van der Waals surface area contributed by atoms with Gasteiger partial charge in [-0.15, -0.1) is 0 Å². The molecule has 0 aromatic heterocycles. The van der Waals surface area contributed by atoms with Gasteiger partial charge in [0.2, 0.25) is 0 Å². The smallest absolute Gasteiger partial charge is 0.325 e. The van der Waals surface area contributed by atoms with Gasteiger partial charge >= 0.3 is 17.9 Å². The standard InChI is InChI=1S/C17H17ClO8/c1-10(19)26-9-13(20)17(16(24)25,7-3-6-14(21)22)15(23)11-4-2-5-12(18)8-11/h2,4-5,8H,3,6-7,9H2,1H3,(H,21,22)(H,24,25). The number of esters is 1. The molecule has 0 radical (unpaired) electrons. The van der Waals surface area contributed by atoms with Gasteiger partial charge in [0.15, 0.2) is 23.6 Å². The van der Waals surface area contributed by atoms with Gasteiger partial charge in [0.25, 0.3) is 0 Å². The predicted octanol–water partition coefficient (Wildman–Crippen LogP) is 1.98. The molecule has 0 aliphatic rings. The molecule has 140 valence electrons. The van der Waals surface area contributed by atoms with Crippen LogP contribution in [-0.4, -0.2) is 46.3 Å². The molecule has 0 saturated heterocycles. The number of carbonyl (C=O) groups is 5. The Bertz CT molecular complexity index is 742. The van der Waals surface area contributed by atoms with E-state index in [2.05, 4.69) is 4.74 Å². The van der Waals surface area contributed by atoms with Crippen LogP contribution in [0.15, 0.2) is 24.3 Å². The second-order valence-electron chi connectivity index (χ2n) is 5.50. The van der Waals surface area contributed by atoms with E-state index in [4.69, 9.17) is 16.7 Å². The van der Waals surface area contributed by atoms with Crippen LogP contribution in [0.4, 0.5) is 0 Å². The number of ether oxygens (including phenoxy) is 1. The van der Waals surface area contributed by atoms with Crippen LogP contribution >= 0.6 is 11.6 Å². The average molecular weight is 385 g/mol. The Kier molecular flexibility index (Phi) is 7.45. The molecule has 1 atom stereocenters. The quantitative estimate of drug-likeness (QED) is 0.355. The van der Waals surface area contributed by atoms with Crippen molar-refractivity contribution < 1.29 is 38.9 Å². The van der Waals surface area contributed by atoms with Crippen LogP contribution < -0.4 is 0 Å². The van der Waals surface area contributed by atoms with Gasteiger partial charge in [0.05, 0.1) is 0 Å². The molecular weight excluding hydrogens is 368 g/mol. The first kappa shape index (κ1) is 21.3. The van der Waals surface area contributed by atoms with Gasteiger partial charge in [-0.2, -0.15) is 0 Å². The van der Waals surface area contributed by atoms with E-state index < -0.39 is 54.3 Å². The molecule has 1 unspecified atom stereocenters. The Balaban J connectivity index is 3.33. The summed E-state index contributed by atoms with van der Waals surface area (Å²) in [6, 6.07) is 5.38. The Morgan fingerprint density at radius 1 is 1.15 bits per heavy atom. The number of carboxylic acid groups (broad SMARTS) is 2. The van der Waals surface area contributed by atoms with Crippen molar-refractivity contribution in [3.63, 3.8) is 0 Å². The Morgan fingerprint density at radius 3 is 2.31 bits per heavy atom. The van der Waals surface area contributed by atoms with Crippen molar-refractivity contribution in [1.29, 1.82) is 0 Å². The maximum Gasteiger partial charge on any atom is 0.325 e. The summed E-state index contributed by atoms with van der Waals surface area (Å²) in [7, 11) is 0. The molecule has 1 rings (SSSR count). The zero-order chi connectivity index (χ0) is 19.9. The Hall–Kier alpha value is -2.74. The number of halogens is 1. The highest BCUT2D eigenvalue weighted by Gasteiger charge is 2.52. The number of aliphatic carboxylic acids is 2. The number of ketones is 2. The van der Waals surface area contributed by atoms with Crippen LogP contribution in [-0.2, 0) is 23.9 Å². The van der Waals surface area contributed by atoms with E-state index in [1.807, 2.05) is 0 Å². The second-order valence-corrected chi connectivity index (χ2v) is 5.94. The second kappa shape index (κ2) is 9.10. The molecule has 0 amide bonds. The fraction of sp³-hybridized carbons (Fsp3) is 0.353. The van der Waals surface area contributed by atoms with Gasteiger partial charge < -0.3 is 14.9 Å². The lowest BCUT2D eigenvalue weighted by molar-refractivity contribution is -0.157. The predicted molar refractivity (Wildman–Crippen MR) is 89.0 cm³/mol. The van der Waals surface area contributed by atoms with Crippen molar-refractivity contribution >= 4 is 41.1 Å². The molecule has 26 heavy (non-hydrogen) atoms. The van der Waals surface area contributed by atoms with Crippen molar-refractivity contribution in [2.75, 3.05) is 6.61 Å². The number of hydrogen-bond acceptors (Lipinski definition) is 6. The largest absolute Gasteiger partial charge is 0.481 e. The monoisotopic (exact) mass is 384 g/mol. The van der Waals surface area contributed by atoms with Crippen LogP contribution in [0.1, 0.15) is 36.5 Å². The van der Waals surface area contributed by atoms with Gasteiger partial charge in [0.1, 0.15) is 0 Å². The number of hydrogen-bond donors (Lipinski definition) is 2. The van der Waals surface area contributed by atoms with E-state index in [-0.39, 0.29) is 17.0 Å². The zero-order valence-corrected chi connectivity index (χ0v) is 14.6. The first-order chi connectivity index (χ1) is 12.1. The van der Waals surface area contributed by atoms with Gasteiger partial charge in [-0.25, -0.2) is 0 Å². The lowest BCUT2D eigenvalue weighted by Crippen LogP contribution is -2.48. The third-order valence-electron chi connectivity index (χ3n) is 3.66. The molecule has 1 aromatic rings. The van der Waals surface area contributed by atoms with Gasteiger partial charge in [-0.3, -0.25) is 24.0 Å².